The molecule has 1 aromatic carbocycles. The lowest BCUT2D eigenvalue weighted by molar-refractivity contribution is 0.0981. The molecule has 0 aromatic heterocycles. The van der Waals surface area contributed by atoms with Gasteiger partial charge in [-0.3, -0.25) is 0 Å². The Hall–Kier alpha value is -0.420. The van der Waals surface area contributed by atoms with Crippen LogP contribution in [0.5, 0.6) is 0 Å². The maximum absolute atomic E-state index is 5.64. The summed E-state index contributed by atoms with van der Waals surface area (Å²) in [6.07, 6.45) is 1.99. The fraction of sp³-hybridized carbons (Fsp3) is 0.600. The molecular formula is C15H24BrNO2. The molecule has 0 aliphatic heterocycles. The second-order valence-electron chi connectivity index (χ2n) is 4.56. The summed E-state index contributed by atoms with van der Waals surface area (Å²) in [5, 5.41) is 3.26. The molecule has 0 saturated carbocycles. The standard InChI is InChI=1S/C15H24BrNO2/c1-17-12-14(7-10-19-9-4-8-18-2)13-5-3-6-15(16)11-13/h3,5-6,11,14,17H,4,7-10,12H2,1-2H3. The number of ether oxygens (including phenoxy) is 2. The summed E-state index contributed by atoms with van der Waals surface area (Å²) in [4.78, 5) is 0. The number of halogens is 1. The molecule has 0 aliphatic carbocycles. The minimum absolute atomic E-state index is 0.491. The van der Waals surface area contributed by atoms with Crippen LogP contribution in [0.2, 0.25) is 0 Å². The Kier molecular flexibility index (Phi) is 9.08. The maximum atomic E-state index is 5.64. The van der Waals surface area contributed by atoms with Crippen molar-refractivity contribution in [3.05, 3.63) is 34.3 Å². The second-order valence-corrected chi connectivity index (χ2v) is 5.47. The summed E-state index contributed by atoms with van der Waals surface area (Å²) in [5.41, 5.74) is 1.35. The van der Waals surface area contributed by atoms with E-state index in [1.54, 1.807) is 7.11 Å². The molecule has 4 heteroatoms. The lowest BCUT2D eigenvalue weighted by atomic mass is 9.96. The van der Waals surface area contributed by atoms with Crippen LogP contribution >= 0.6 is 15.9 Å². The first-order valence-electron chi connectivity index (χ1n) is 6.74. The van der Waals surface area contributed by atoms with Crippen LogP contribution in [0.1, 0.15) is 24.3 Å². The van der Waals surface area contributed by atoms with Gasteiger partial charge in [-0.2, -0.15) is 0 Å². The molecule has 0 aliphatic rings. The minimum Gasteiger partial charge on any atom is -0.385 e. The number of methoxy groups -OCH3 is 1. The van der Waals surface area contributed by atoms with Gasteiger partial charge in [0.15, 0.2) is 0 Å². The monoisotopic (exact) mass is 329 g/mol. The SMILES string of the molecule is CNCC(CCOCCCOC)c1cccc(Br)c1. The van der Waals surface area contributed by atoms with Gasteiger partial charge in [-0.25, -0.2) is 0 Å². The average molecular weight is 330 g/mol. The normalized spacial score (nSPS) is 12.6. The van der Waals surface area contributed by atoms with Crippen molar-refractivity contribution in [1.29, 1.82) is 0 Å². The van der Waals surface area contributed by atoms with E-state index >= 15 is 0 Å². The number of benzene rings is 1. The van der Waals surface area contributed by atoms with Gasteiger partial charge in [0, 0.05) is 37.9 Å². The van der Waals surface area contributed by atoms with Crippen LogP contribution in [0.25, 0.3) is 0 Å². The fourth-order valence-corrected chi connectivity index (χ4v) is 2.44. The summed E-state index contributed by atoms with van der Waals surface area (Å²) < 4.78 is 11.8. The largest absolute Gasteiger partial charge is 0.385 e. The number of hydrogen-bond acceptors (Lipinski definition) is 3. The summed E-state index contributed by atoms with van der Waals surface area (Å²) in [5.74, 6) is 0.491. The van der Waals surface area contributed by atoms with Gasteiger partial charge in [-0.1, -0.05) is 28.1 Å². The summed E-state index contributed by atoms with van der Waals surface area (Å²) in [6, 6.07) is 8.51. The van der Waals surface area contributed by atoms with E-state index in [4.69, 9.17) is 9.47 Å². The van der Waals surface area contributed by atoms with Gasteiger partial charge < -0.3 is 14.8 Å². The van der Waals surface area contributed by atoms with Gasteiger partial charge in [0.05, 0.1) is 0 Å². The van der Waals surface area contributed by atoms with Gasteiger partial charge in [0.1, 0.15) is 0 Å². The Bertz CT molecular complexity index is 347. The molecule has 1 rings (SSSR count). The van der Waals surface area contributed by atoms with E-state index in [0.717, 1.165) is 43.7 Å². The molecule has 108 valence electrons. The van der Waals surface area contributed by atoms with Gasteiger partial charge in [0.2, 0.25) is 0 Å². The van der Waals surface area contributed by atoms with Crippen LogP contribution in [0.4, 0.5) is 0 Å². The molecule has 1 aromatic rings. The van der Waals surface area contributed by atoms with Gasteiger partial charge in [-0.15, -0.1) is 0 Å². The molecule has 1 N–H and O–H groups in total. The minimum atomic E-state index is 0.491. The number of nitrogens with one attached hydrogen (secondary N) is 1. The molecule has 1 atom stereocenters. The van der Waals surface area contributed by atoms with E-state index in [2.05, 4.69) is 45.5 Å². The number of likely N-dealkylation sites (N-methyl/N-ethyl adjacent to an activating group) is 1. The molecule has 0 saturated heterocycles. The van der Waals surface area contributed by atoms with Crippen molar-refractivity contribution in [1.82, 2.24) is 5.32 Å². The Morgan fingerprint density at radius 1 is 1.26 bits per heavy atom. The zero-order valence-electron chi connectivity index (χ0n) is 11.8. The van der Waals surface area contributed by atoms with Crippen LogP contribution in [-0.2, 0) is 9.47 Å². The topological polar surface area (TPSA) is 30.5 Å². The van der Waals surface area contributed by atoms with Crippen molar-refractivity contribution < 1.29 is 9.47 Å². The quantitative estimate of drug-likeness (QED) is 0.669. The third kappa shape index (κ3) is 7.06. The van der Waals surface area contributed by atoms with Crippen LogP contribution in [0.3, 0.4) is 0 Å². The molecule has 0 fully saturated rings. The highest BCUT2D eigenvalue weighted by atomic mass is 79.9. The van der Waals surface area contributed by atoms with Crippen LogP contribution in [0, 0.1) is 0 Å². The second kappa shape index (κ2) is 10.4. The molecule has 0 heterocycles. The van der Waals surface area contributed by atoms with E-state index in [1.807, 2.05) is 7.05 Å². The fourth-order valence-electron chi connectivity index (χ4n) is 2.03. The predicted octanol–water partition coefficient (Wildman–Crippen LogP) is 3.20. The van der Waals surface area contributed by atoms with E-state index in [0.29, 0.717) is 5.92 Å². The summed E-state index contributed by atoms with van der Waals surface area (Å²) >= 11 is 3.53. The first kappa shape index (κ1) is 16.6. The maximum Gasteiger partial charge on any atom is 0.0487 e. The smallest absolute Gasteiger partial charge is 0.0487 e. The lowest BCUT2D eigenvalue weighted by Gasteiger charge is -2.17. The lowest BCUT2D eigenvalue weighted by Crippen LogP contribution is -2.19. The van der Waals surface area contributed by atoms with E-state index in [1.165, 1.54) is 5.56 Å². The highest BCUT2D eigenvalue weighted by molar-refractivity contribution is 9.10. The van der Waals surface area contributed by atoms with Crippen LogP contribution in [0.15, 0.2) is 28.7 Å². The predicted molar refractivity (Wildman–Crippen MR) is 82.7 cm³/mol. The van der Waals surface area contributed by atoms with Crippen molar-refractivity contribution in [2.45, 2.75) is 18.8 Å². The van der Waals surface area contributed by atoms with E-state index < -0.39 is 0 Å². The molecule has 3 nitrogen and oxygen atoms in total. The highest BCUT2D eigenvalue weighted by Crippen LogP contribution is 2.22. The summed E-state index contributed by atoms with van der Waals surface area (Å²) in [6.45, 7) is 3.31. The van der Waals surface area contributed by atoms with Crippen LogP contribution < -0.4 is 5.32 Å². The first-order valence-corrected chi connectivity index (χ1v) is 7.54. The third-order valence-electron chi connectivity index (χ3n) is 3.02. The van der Waals surface area contributed by atoms with Gasteiger partial charge >= 0.3 is 0 Å². The number of hydrogen-bond donors (Lipinski definition) is 1. The molecule has 1 unspecified atom stereocenters. The average Bonchev–Trinajstić information content (AvgIpc) is 2.41. The molecule has 0 radical (unpaired) electrons. The Morgan fingerprint density at radius 3 is 2.79 bits per heavy atom. The molecular weight excluding hydrogens is 306 g/mol. The van der Waals surface area contributed by atoms with Crippen LogP contribution in [-0.4, -0.2) is 40.5 Å². The van der Waals surface area contributed by atoms with E-state index in [9.17, 15) is 0 Å². The van der Waals surface area contributed by atoms with Crippen molar-refractivity contribution in [3.63, 3.8) is 0 Å². The molecule has 0 spiro atoms. The van der Waals surface area contributed by atoms with Gasteiger partial charge in [0.25, 0.3) is 0 Å². The van der Waals surface area contributed by atoms with Crippen molar-refractivity contribution >= 4 is 15.9 Å². The Morgan fingerprint density at radius 2 is 2.11 bits per heavy atom. The Balaban J connectivity index is 2.36. The van der Waals surface area contributed by atoms with Crippen molar-refractivity contribution in [2.24, 2.45) is 0 Å². The number of rotatable bonds is 10. The summed E-state index contributed by atoms with van der Waals surface area (Å²) in [7, 11) is 3.71. The zero-order chi connectivity index (χ0) is 13.9. The van der Waals surface area contributed by atoms with Crippen molar-refractivity contribution in [2.75, 3.05) is 40.5 Å². The highest BCUT2D eigenvalue weighted by Gasteiger charge is 2.10. The van der Waals surface area contributed by atoms with E-state index in [-0.39, 0.29) is 0 Å². The zero-order valence-corrected chi connectivity index (χ0v) is 13.4. The molecule has 0 amide bonds. The van der Waals surface area contributed by atoms with Gasteiger partial charge in [-0.05, 0) is 43.5 Å². The van der Waals surface area contributed by atoms with Crippen molar-refractivity contribution in [3.8, 4) is 0 Å². The molecule has 0 bridgehead atoms. The Labute approximate surface area is 124 Å². The molecule has 19 heavy (non-hydrogen) atoms. The third-order valence-corrected chi connectivity index (χ3v) is 3.51. The first-order chi connectivity index (χ1) is 9.27.